The van der Waals surface area contributed by atoms with Gasteiger partial charge in [0.15, 0.2) is 0 Å². The van der Waals surface area contributed by atoms with Crippen molar-refractivity contribution in [1.82, 2.24) is 0 Å². The van der Waals surface area contributed by atoms with Gasteiger partial charge < -0.3 is 0 Å². The summed E-state index contributed by atoms with van der Waals surface area (Å²) in [4.78, 5) is 0. The number of hydrogen-bond acceptors (Lipinski definition) is 1. The first-order chi connectivity index (χ1) is 3.41. The molecule has 0 amide bonds. The van der Waals surface area contributed by atoms with Crippen molar-refractivity contribution in [2.45, 2.75) is 26.2 Å². The van der Waals surface area contributed by atoms with Crippen LogP contribution in [0.3, 0.4) is 0 Å². The van der Waals surface area contributed by atoms with Crippen LogP contribution in [0.15, 0.2) is 0 Å². The molecule has 0 aliphatic heterocycles. The minimum Gasteiger partial charge on any atom is -0.198 e. The minimum absolute atomic E-state index is 1.32. The zero-order valence-electron chi connectivity index (χ0n) is 5.24. The van der Waals surface area contributed by atoms with Gasteiger partial charge in [-0.2, -0.15) is 11.2 Å². The van der Waals surface area contributed by atoms with E-state index in [1.165, 1.54) is 34.4 Å². The first kappa shape index (κ1) is 7.57. The molecule has 0 spiro atoms. The van der Waals surface area contributed by atoms with E-state index < -0.39 is 0 Å². The Balaban J connectivity index is 2.45. The molecular weight excluding hydrogens is 120 g/mol. The van der Waals surface area contributed by atoms with Crippen molar-refractivity contribution in [3.63, 3.8) is 0 Å². The lowest BCUT2D eigenvalue weighted by molar-refractivity contribution is 0.779. The van der Waals surface area contributed by atoms with Gasteiger partial charge in [-0.25, -0.2) is 0 Å². The van der Waals surface area contributed by atoms with E-state index in [1.807, 2.05) is 0 Å². The molecule has 0 fully saturated rings. The molecule has 2 heteroatoms. The number of unbranched alkanes of at least 4 members (excludes halogenated alkanes) is 2. The van der Waals surface area contributed by atoms with E-state index >= 15 is 0 Å². The van der Waals surface area contributed by atoms with Crippen LogP contribution in [0.25, 0.3) is 0 Å². The lowest BCUT2D eigenvalue weighted by Crippen LogP contribution is -1.75. The number of hydrogen-bond donors (Lipinski definition) is 0. The summed E-state index contributed by atoms with van der Waals surface area (Å²) in [7, 11) is 1.32. The summed E-state index contributed by atoms with van der Waals surface area (Å²) in [5, 5.41) is 0. The second-order valence-electron chi connectivity index (χ2n) is 1.70. The minimum atomic E-state index is 1.32. The third-order valence-corrected chi connectivity index (χ3v) is 2.87. The maximum atomic E-state index is 2.25. The first-order valence-corrected chi connectivity index (χ1v) is 6.75. The summed E-state index contributed by atoms with van der Waals surface area (Å²) in [5.74, 6) is 1.40. The predicted octanol–water partition coefficient (Wildman–Crippen LogP) is 1.19. The summed E-state index contributed by atoms with van der Waals surface area (Å²) in [5.41, 5.74) is 0. The molecule has 0 aliphatic carbocycles. The highest BCUT2D eigenvalue weighted by atomic mass is 32.4. The van der Waals surface area contributed by atoms with Crippen molar-refractivity contribution in [3.8, 4) is 0 Å². The molecule has 0 rings (SSSR count). The second-order valence-corrected chi connectivity index (χ2v) is 4.42. The lowest BCUT2D eigenvalue weighted by atomic mass is 10.3. The Morgan fingerprint density at radius 1 is 1.43 bits per heavy atom. The highest BCUT2D eigenvalue weighted by molar-refractivity contribution is 8.19. The van der Waals surface area contributed by atoms with E-state index in [1.54, 1.807) is 0 Å². The van der Waals surface area contributed by atoms with Crippen LogP contribution in [0.1, 0.15) is 26.2 Å². The van der Waals surface area contributed by atoms with Crippen molar-refractivity contribution in [3.05, 3.63) is 0 Å². The predicted molar refractivity (Wildman–Crippen MR) is 41.9 cm³/mol. The van der Waals surface area contributed by atoms with Gasteiger partial charge in [0.25, 0.3) is 0 Å². The Hall–Kier alpha value is 0.567. The normalized spacial score (nSPS) is 9.86. The van der Waals surface area contributed by atoms with Crippen LogP contribution in [0.4, 0.5) is 0 Å². The van der Waals surface area contributed by atoms with Gasteiger partial charge in [-0.3, -0.25) is 0 Å². The fraction of sp³-hybridized carbons (Fsp3) is 1.00. The first-order valence-electron chi connectivity index (χ1n) is 2.90. The number of rotatable bonds is 4. The fourth-order valence-corrected chi connectivity index (χ4v) is 1.86. The van der Waals surface area contributed by atoms with Gasteiger partial charge in [-0.15, -0.1) is 0 Å². The van der Waals surface area contributed by atoms with Crippen LogP contribution >= 0.6 is 11.2 Å². The molecule has 0 atom stereocenters. The largest absolute Gasteiger partial charge is 0.198 e. The van der Waals surface area contributed by atoms with Crippen molar-refractivity contribution >= 4 is 20.6 Å². The van der Waals surface area contributed by atoms with Gasteiger partial charge >= 0.3 is 0 Å². The lowest BCUT2D eigenvalue weighted by Gasteiger charge is -1.91. The van der Waals surface area contributed by atoms with Gasteiger partial charge in [0, 0.05) is 0 Å². The Labute approximate surface area is 53.1 Å². The molecule has 7 heavy (non-hydrogen) atoms. The molecule has 0 radical (unpaired) electrons. The van der Waals surface area contributed by atoms with Gasteiger partial charge in [0.1, 0.15) is 0 Å². The molecule has 0 unspecified atom stereocenters. The zero-order valence-corrected chi connectivity index (χ0v) is 8.05. The Morgan fingerprint density at radius 2 is 2.14 bits per heavy atom. The van der Waals surface area contributed by atoms with E-state index in [9.17, 15) is 0 Å². The molecule has 0 saturated carbocycles. The molecule has 0 saturated heterocycles. The van der Waals surface area contributed by atoms with Crippen molar-refractivity contribution in [1.29, 1.82) is 0 Å². The maximum Gasteiger partial charge on any atom is 0.0694 e. The van der Waals surface area contributed by atoms with E-state index in [0.717, 1.165) is 0 Å². The van der Waals surface area contributed by atoms with Gasteiger partial charge in [-0.1, -0.05) is 19.8 Å². The Morgan fingerprint density at radius 3 is 2.57 bits per heavy atom. The topological polar surface area (TPSA) is 0 Å². The van der Waals surface area contributed by atoms with E-state index in [4.69, 9.17) is 0 Å². The van der Waals surface area contributed by atoms with Crippen molar-refractivity contribution < 1.29 is 0 Å². The summed E-state index contributed by atoms with van der Waals surface area (Å²) in [6.07, 6.45) is 4.22. The average molecular weight is 134 g/mol. The second kappa shape index (κ2) is 6.57. The van der Waals surface area contributed by atoms with Crippen molar-refractivity contribution in [2.24, 2.45) is 0 Å². The van der Waals surface area contributed by atoms with E-state index in [2.05, 4.69) is 18.1 Å². The fourth-order valence-electron chi connectivity index (χ4n) is 0.496. The molecule has 0 heterocycles. The zero-order chi connectivity index (χ0) is 5.54. The van der Waals surface area contributed by atoms with Gasteiger partial charge in [-0.05, 0) is 12.2 Å². The molecule has 0 bridgehead atoms. The summed E-state index contributed by atoms with van der Waals surface area (Å²) < 4.78 is 0. The van der Waals surface area contributed by atoms with Crippen molar-refractivity contribution in [2.75, 3.05) is 5.75 Å². The maximum absolute atomic E-state index is 2.25. The quantitative estimate of drug-likeness (QED) is 0.411. The highest BCUT2D eigenvalue weighted by Crippen LogP contribution is 1.99. The standard InChI is InChI=1S/C5H14SSi/c1-2-3-4-5-6-7/h2-5H2,1,7H3. The summed E-state index contributed by atoms with van der Waals surface area (Å²) in [6, 6.07) is 0. The summed E-state index contributed by atoms with van der Waals surface area (Å²) >= 11 is 2.08. The van der Waals surface area contributed by atoms with Crippen LogP contribution in [0.2, 0.25) is 0 Å². The van der Waals surface area contributed by atoms with Crippen LogP contribution in [-0.2, 0) is 0 Å². The molecule has 0 aliphatic rings. The van der Waals surface area contributed by atoms with Crippen LogP contribution in [-0.4, -0.2) is 15.1 Å². The molecule has 0 aromatic rings. The Bertz CT molecular complexity index is 27.3. The SMILES string of the molecule is CCCCCS[SiH3]. The molecule has 0 N–H and O–H groups in total. The molecule has 0 aromatic carbocycles. The van der Waals surface area contributed by atoms with Crippen LogP contribution in [0, 0.1) is 0 Å². The third kappa shape index (κ3) is 6.57. The highest BCUT2D eigenvalue weighted by Gasteiger charge is 1.80. The van der Waals surface area contributed by atoms with E-state index in [-0.39, 0.29) is 0 Å². The third-order valence-electron chi connectivity index (χ3n) is 0.952. The molecule has 0 aromatic heterocycles. The van der Waals surface area contributed by atoms with Crippen LogP contribution in [0.5, 0.6) is 0 Å². The Kier molecular flexibility index (Phi) is 7.10. The molecule has 0 nitrogen and oxygen atoms in total. The molecular formula is C5H14SSi. The molecule has 44 valence electrons. The average Bonchev–Trinajstić information content (AvgIpc) is 1.69. The van der Waals surface area contributed by atoms with Crippen LogP contribution < -0.4 is 0 Å². The van der Waals surface area contributed by atoms with Gasteiger partial charge in [0.2, 0.25) is 0 Å². The summed E-state index contributed by atoms with van der Waals surface area (Å²) in [6.45, 7) is 2.25. The van der Waals surface area contributed by atoms with E-state index in [0.29, 0.717) is 0 Å². The smallest absolute Gasteiger partial charge is 0.0694 e. The van der Waals surface area contributed by atoms with Gasteiger partial charge in [0.05, 0.1) is 9.39 Å². The monoisotopic (exact) mass is 134 g/mol.